The highest BCUT2D eigenvalue weighted by Crippen LogP contribution is 2.36. The fourth-order valence-electron chi connectivity index (χ4n) is 3.60. The number of benzene rings is 2. The second kappa shape index (κ2) is 5.99. The van der Waals surface area contributed by atoms with E-state index in [1.165, 1.54) is 37.1 Å². The van der Waals surface area contributed by atoms with Crippen LogP contribution in [-0.4, -0.2) is 4.98 Å². The van der Waals surface area contributed by atoms with Gasteiger partial charge in [-0.2, -0.15) is 0 Å². The molecule has 134 valence electrons. The molecule has 0 radical (unpaired) electrons. The SMILES string of the molecule is CC(C)(C)c1cc2ccc(CC(C)(C)c3cc4ccccc4[nH]3)cc2s1. The quantitative estimate of drug-likeness (QED) is 0.397. The summed E-state index contributed by atoms with van der Waals surface area (Å²) in [6.45, 7) is 11.5. The standard InChI is InChI=1S/C24H27NS/c1-23(2,3)22-14-18-11-10-16(12-20(18)26-22)15-24(4,5)21-13-17-8-6-7-9-19(17)25-21/h6-14,25H,15H2,1-5H3. The molecule has 0 saturated carbocycles. The van der Waals surface area contributed by atoms with E-state index in [0.717, 1.165) is 6.42 Å². The molecule has 2 aromatic heterocycles. The molecule has 1 N–H and O–H groups in total. The van der Waals surface area contributed by atoms with Crippen LogP contribution >= 0.6 is 11.3 Å². The molecular formula is C24H27NS. The molecule has 0 aliphatic rings. The number of nitrogens with one attached hydrogen (secondary N) is 1. The first kappa shape index (κ1) is 17.4. The average Bonchev–Trinajstić information content (AvgIpc) is 3.18. The van der Waals surface area contributed by atoms with Crippen LogP contribution in [0, 0.1) is 0 Å². The third-order valence-corrected chi connectivity index (χ3v) is 6.75. The van der Waals surface area contributed by atoms with E-state index in [2.05, 4.69) is 94.2 Å². The summed E-state index contributed by atoms with van der Waals surface area (Å²) in [4.78, 5) is 5.08. The molecular weight excluding hydrogens is 334 g/mol. The van der Waals surface area contributed by atoms with Gasteiger partial charge in [-0.3, -0.25) is 0 Å². The van der Waals surface area contributed by atoms with Crippen LogP contribution in [0.25, 0.3) is 21.0 Å². The van der Waals surface area contributed by atoms with E-state index in [9.17, 15) is 0 Å². The summed E-state index contributed by atoms with van der Waals surface area (Å²) in [6.07, 6.45) is 1.03. The minimum Gasteiger partial charge on any atom is -0.358 e. The number of thiophene rings is 1. The summed E-state index contributed by atoms with van der Waals surface area (Å²) in [6, 6.07) is 20.2. The van der Waals surface area contributed by atoms with Crippen molar-refractivity contribution < 1.29 is 0 Å². The Morgan fingerprint density at radius 3 is 2.35 bits per heavy atom. The fourth-order valence-corrected chi connectivity index (χ4v) is 4.78. The lowest BCUT2D eigenvalue weighted by atomic mass is 9.82. The van der Waals surface area contributed by atoms with Crippen molar-refractivity contribution in [3.63, 3.8) is 0 Å². The molecule has 0 bridgehead atoms. The van der Waals surface area contributed by atoms with Crippen molar-refractivity contribution >= 4 is 32.3 Å². The zero-order valence-electron chi connectivity index (χ0n) is 16.3. The number of hydrogen-bond donors (Lipinski definition) is 1. The molecule has 1 nitrogen and oxygen atoms in total. The van der Waals surface area contributed by atoms with Crippen molar-refractivity contribution in [1.82, 2.24) is 4.98 Å². The van der Waals surface area contributed by atoms with Crippen LogP contribution in [0.5, 0.6) is 0 Å². The number of fused-ring (bicyclic) bond motifs is 2. The van der Waals surface area contributed by atoms with E-state index in [-0.39, 0.29) is 10.8 Å². The van der Waals surface area contributed by atoms with Gasteiger partial charge in [-0.25, -0.2) is 0 Å². The summed E-state index contributed by atoms with van der Waals surface area (Å²) >= 11 is 1.94. The molecule has 0 aliphatic carbocycles. The zero-order chi connectivity index (χ0) is 18.5. The maximum absolute atomic E-state index is 3.62. The first-order chi connectivity index (χ1) is 12.2. The lowest BCUT2D eigenvalue weighted by molar-refractivity contribution is 0.510. The second-order valence-corrected chi connectivity index (χ2v) is 10.1. The molecule has 26 heavy (non-hydrogen) atoms. The van der Waals surface area contributed by atoms with Crippen LogP contribution in [0.2, 0.25) is 0 Å². The molecule has 4 rings (SSSR count). The number of aromatic amines is 1. The first-order valence-electron chi connectivity index (χ1n) is 9.34. The van der Waals surface area contributed by atoms with Crippen molar-refractivity contribution in [2.45, 2.75) is 51.9 Å². The Hall–Kier alpha value is -2.06. The molecule has 2 aromatic carbocycles. The van der Waals surface area contributed by atoms with Gasteiger partial charge < -0.3 is 4.98 Å². The highest BCUT2D eigenvalue weighted by molar-refractivity contribution is 7.19. The monoisotopic (exact) mass is 361 g/mol. The van der Waals surface area contributed by atoms with Crippen LogP contribution in [-0.2, 0) is 17.3 Å². The Morgan fingerprint density at radius 2 is 1.62 bits per heavy atom. The predicted molar refractivity (Wildman–Crippen MR) is 116 cm³/mol. The van der Waals surface area contributed by atoms with Gasteiger partial charge in [0.05, 0.1) is 0 Å². The minimum atomic E-state index is 0.0663. The van der Waals surface area contributed by atoms with Crippen molar-refractivity contribution in [1.29, 1.82) is 0 Å². The highest BCUT2D eigenvalue weighted by atomic mass is 32.1. The van der Waals surface area contributed by atoms with Crippen LogP contribution in [0.15, 0.2) is 54.6 Å². The van der Waals surface area contributed by atoms with Gasteiger partial charge in [0.15, 0.2) is 0 Å². The van der Waals surface area contributed by atoms with Crippen molar-refractivity contribution in [3.05, 3.63) is 70.7 Å². The Morgan fingerprint density at radius 1 is 0.846 bits per heavy atom. The molecule has 4 aromatic rings. The van der Waals surface area contributed by atoms with Crippen LogP contribution in [0.1, 0.15) is 50.8 Å². The van der Waals surface area contributed by atoms with E-state index in [1.54, 1.807) is 0 Å². The highest BCUT2D eigenvalue weighted by Gasteiger charge is 2.24. The molecule has 2 heterocycles. The molecule has 0 amide bonds. The van der Waals surface area contributed by atoms with Gasteiger partial charge in [-0.15, -0.1) is 11.3 Å². The van der Waals surface area contributed by atoms with E-state index in [4.69, 9.17) is 0 Å². The van der Waals surface area contributed by atoms with Crippen molar-refractivity contribution in [3.8, 4) is 0 Å². The average molecular weight is 362 g/mol. The first-order valence-corrected chi connectivity index (χ1v) is 10.2. The summed E-state index contributed by atoms with van der Waals surface area (Å²) in [7, 11) is 0. The van der Waals surface area contributed by atoms with Gasteiger partial charge in [0.2, 0.25) is 0 Å². The Kier molecular flexibility index (Phi) is 4.00. The molecule has 0 spiro atoms. The maximum atomic E-state index is 3.62. The number of H-pyrrole nitrogens is 1. The molecule has 2 heteroatoms. The zero-order valence-corrected chi connectivity index (χ0v) is 17.1. The van der Waals surface area contributed by atoms with E-state index >= 15 is 0 Å². The van der Waals surface area contributed by atoms with Gasteiger partial charge in [-0.1, -0.05) is 65.0 Å². The molecule has 0 unspecified atom stereocenters. The second-order valence-electron chi connectivity index (χ2n) is 9.06. The Labute approximate surface area is 160 Å². The lowest BCUT2D eigenvalue weighted by Gasteiger charge is -2.23. The predicted octanol–water partition coefficient (Wildman–Crippen LogP) is 7.20. The van der Waals surface area contributed by atoms with Crippen LogP contribution < -0.4 is 0 Å². The van der Waals surface area contributed by atoms with Crippen molar-refractivity contribution in [2.24, 2.45) is 0 Å². The molecule has 0 aliphatic heterocycles. The molecule has 0 saturated heterocycles. The van der Waals surface area contributed by atoms with Gasteiger partial charge in [-0.05, 0) is 52.4 Å². The summed E-state index contributed by atoms with van der Waals surface area (Å²) < 4.78 is 1.40. The van der Waals surface area contributed by atoms with Gasteiger partial charge in [0, 0.05) is 26.2 Å². The normalized spacial score (nSPS) is 13.0. The van der Waals surface area contributed by atoms with E-state index in [0.29, 0.717) is 0 Å². The maximum Gasteiger partial charge on any atom is 0.0456 e. The summed E-state index contributed by atoms with van der Waals surface area (Å²) in [5.74, 6) is 0. The minimum absolute atomic E-state index is 0.0663. The topological polar surface area (TPSA) is 15.8 Å². The van der Waals surface area contributed by atoms with Crippen molar-refractivity contribution in [2.75, 3.05) is 0 Å². The summed E-state index contributed by atoms with van der Waals surface area (Å²) in [5, 5.41) is 2.66. The number of rotatable bonds is 3. The largest absolute Gasteiger partial charge is 0.358 e. The molecule has 0 atom stereocenters. The lowest BCUT2D eigenvalue weighted by Crippen LogP contribution is -2.20. The molecule has 0 fully saturated rings. The Bertz CT molecular complexity index is 1040. The third kappa shape index (κ3) is 3.19. The number of aromatic nitrogens is 1. The smallest absolute Gasteiger partial charge is 0.0456 e. The van der Waals surface area contributed by atoms with Gasteiger partial charge in [0.1, 0.15) is 0 Å². The van der Waals surface area contributed by atoms with Gasteiger partial charge in [0.25, 0.3) is 0 Å². The summed E-state index contributed by atoms with van der Waals surface area (Å²) in [5.41, 5.74) is 4.22. The van der Waals surface area contributed by atoms with E-state index < -0.39 is 0 Å². The fraction of sp³-hybridized carbons (Fsp3) is 0.333. The Balaban J connectivity index is 1.66. The third-order valence-electron chi connectivity index (χ3n) is 5.23. The van der Waals surface area contributed by atoms with Gasteiger partial charge >= 0.3 is 0 Å². The number of hydrogen-bond acceptors (Lipinski definition) is 1. The van der Waals surface area contributed by atoms with E-state index in [1.807, 2.05) is 11.3 Å². The number of para-hydroxylation sites is 1. The van der Waals surface area contributed by atoms with Crippen LogP contribution in [0.4, 0.5) is 0 Å². The van der Waals surface area contributed by atoms with Crippen LogP contribution in [0.3, 0.4) is 0 Å².